The molecule has 0 fully saturated rings. The van der Waals surface area contributed by atoms with Gasteiger partial charge in [0.15, 0.2) is 0 Å². The van der Waals surface area contributed by atoms with E-state index in [-0.39, 0.29) is 0 Å². The first kappa shape index (κ1) is 11.2. The van der Waals surface area contributed by atoms with Crippen molar-refractivity contribution in [2.75, 3.05) is 0 Å². The Hall–Kier alpha value is -0.770. The molecule has 0 aliphatic carbocycles. The largest absolute Gasteiger partial charge is 0.198 e. The highest BCUT2D eigenvalue weighted by Crippen LogP contribution is 2.09. The Bertz CT molecular complexity index is 164. The van der Waals surface area contributed by atoms with E-state index in [1.807, 2.05) is 0 Å². The van der Waals surface area contributed by atoms with Crippen molar-refractivity contribution >= 4 is 0 Å². The number of hydrogen-bond acceptors (Lipinski definition) is 1. The van der Waals surface area contributed by atoms with E-state index in [2.05, 4.69) is 39.0 Å². The summed E-state index contributed by atoms with van der Waals surface area (Å²) in [6.07, 6.45) is 7.36. The maximum atomic E-state index is 8.42. The zero-order valence-electron chi connectivity index (χ0n) is 8.38. The Morgan fingerprint density at radius 3 is 2.58 bits per heavy atom. The maximum Gasteiger partial charge on any atom is 0.0624 e. The zero-order chi connectivity index (χ0) is 9.40. The van der Waals surface area contributed by atoms with Gasteiger partial charge in [-0.3, -0.25) is 0 Å². The highest BCUT2D eigenvalue weighted by Gasteiger charge is 1.97. The van der Waals surface area contributed by atoms with Gasteiger partial charge < -0.3 is 0 Å². The molecule has 0 aromatic rings. The van der Waals surface area contributed by atoms with E-state index in [1.54, 1.807) is 0 Å². The summed E-state index contributed by atoms with van der Waals surface area (Å²) < 4.78 is 0. The quantitative estimate of drug-likeness (QED) is 0.572. The fraction of sp³-hybridized carbons (Fsp3) is 0.727. The van der Waals surface area contributed by atoms with Crippen LogP contribution in [0.2, 0.25) is 0 Å². The molecule has 0 bridgehead atoms. The number of rotatable bonds is 5. The van der Waals surface area contributed by atoms with Crippen LogP contribution in [0.15, 0.2) is 12.2 Å². The lowest BCUT2D eigenvalue weighted by atomic mass is 10.0. The highest BCUT2D eigenvalue weighted by molar-refractivity contribution is 4.88. The lowest BCUT2D eigenvalue weighted by molar-refractivity contribution is 0.603. The van der Waals surface area contributed by atoms with Crippen LogP contribution in [-0.4, -0.2) is 0 Å². The van der Waals surface area contributed by atoms with Crippen LogP contribution in [0.3, 0.4) is 0 Å². The molecular weight excluding hydrogens is 146 g/mol. The summed E-state index contributed by atoms with van der Waals surface area (Å²) in [5, 5.41) is 8.42. The second-order valence-corrected chi connectivity index (χ2v) is 3.52. The van der Waals surface area contributed by atoms with Crippen molar-refractivity contribution < 1.29 is 0 Å². The van der Waals surface area contributed by atoms with Gasteiger partial charge in [0.05, 0.1) is 6.07 Å². The van der Waals surface area contributed by atoms with Crippen LogP contribution in [0.25, 0.3) is 0 Å². The molecule has 0 rings (SSSR count). The van der Waals surface area contributed by atoms with Crippen LogP contribution in [0.4, 0.5) is 0 Å². The van der Waals surface area contributed by atoms with Crippen molar-refractivity contribution in [2.24, 2.45) is 11.8 Å². The molecule has 0 aliphatic rings. The number of nitrogens with zero attached hydrogens (tertiary/aromatic N) is 1. The average Bonchev–Trinajstić information content (AvgIpc) is 2.04. The summed E-state index contributed by atoms with van der Waals surface area (Å²) in [5.41, 5.74) is 0. The SMILES string of the molecule is CC[C@@H](C)/C=C/C[C@@H](C)CC#N. The Morgan fingerprint density at radius 1 is 1.42 bits per heavy atom. The second kappa shape index (κ2) is 6.91. The van der Waals surface area contributed by atoms with E-state index >= 15 is 0 Å². The van der Waals surface area contributed by atoms with Gasteiger partial charge in [-0.05, 0) is 18.3 Å². The molecule has 0 aromatic heterocycles. The van der Waals surface area contributed by atoms with Crippen molar-refractivity contribution in [3.05, 3.63) is 12.2 Å². The third kappa shape index (κ3) is 5.97. The first-order valence-electron chi connectivity index (χ1n) is 4.74. The molecule has 68 valence electrons. The number of allylic oxidation sites excluding steroid dienone is 2. The van der Waals surface area contributed by atoms with E-state index < -0.39 is 0 Å². The van der Waals surface area contributed by atoms with Crippen molar-refractivity contribution in [1.29, 1.82) is 5.26 Å². The average molecular weight is 165 g/mol. The van der Waals surface area contributed by atoms with Crippen molar-refractivity contribution in [1.82, 2.24) is 0 Å². The molecule has 0 saturated carbocycles. The van der Waals surface area contributed by atoms with E-state index in [9.17, 15) is 0 Å². The molecule has 0 unspecified atom stereocenters. The van der Waals surface area contributed by atoms with E-state index in [4.69, 9.17) is 5.26 Å². The Kier molecular flexibility index (Phi) is 6.47. The minimum Gasteiger partial charge on any atom is -0.198 e. The lowest BCUT2D eigenvalue weighted by Crippen LogP contribution is -1.91. The first-order chi connectivity index (χ1) is 5.70. The molecule has 0 spiro atoms. The zero-order valence-corrected chi connectivity index (χ0v) is 8.38. The Morgan fingerprint density at radius 2 is 2.08 bits per heavy atom. The van der Waals surface area contributed by atoms with Gasteiger partial charge in [0.1, 0.15) is 0 Å². The van der Waals surface area contributed by atoms with E-state index in [0.29, 0.717) is 18.3 Å². The topological polar surface area (TPSA) is 23.8 Å². The van der Waals surface area contributed by atoms with E-state index in [0.717, 1.165) is 6.42 Å². The molecule has 12 heavy (non-hydrogen) atoms. The third-order valence-electron chi connectivity index (χ3n) is 2.09. The summed E-state index contributed by atoms with van der Waals surface area (Å²) in [6, 6.07) is 2.19. The summed E-state index contributed by atoms with van der Waals surface area (Å²) >= 11 is 0. The standard InChI is InChI=1S/C11H19N/c1-4-10(2)6-5-7-11(3)8-9-12/h5-6,10-11H,4,7-8H2,1-3H3/b6-5+/t10-,11-/m1/s1. The first-order valence-corrected chi connectivity index (χ1v) is 4.74. The lowest BCUT2D eigenvalue weighted by Gasteiger charge is -2.03. The molecule has 0 amide bonds. The summed E-state index contributed by atoms with van der Waals surface area (Å²) in [4.78, 5) is 0. The van der Waals surface area contributed by atoms with Gasteiger partial charge in [-0.15, -0.1) is 0 Å². The van der Waals surface area contributed by atoms with Gasteiger partial charge in [0, 0.05) is 6.42 Å². The molecule has 0 saturated heterocycles. The number of hydrogen-bond donors (Lipinski definition) is 0. The molecule has 2 atom stereocenters. The summed E-state index contributed by atoms with van der Waals surface area (Å²) in [7, 11) is 0. The van der Waals surface area contributed by atoms with Crippen LogP contribution >= 0.6 is 0 Å². The molecule has 0 aliphatic heterocycles. The van der Waals surface area contributed by atoms with Crippen molar-refractivity contribution in [2.45, 2.75) is 40.0 Å². The van der Waals surface area contributed by atoms with Gasteiger partial charge in [-0.1, -0.05) is 39.3 Å². The molecular formula is C11H19N. The van der Waals surface area contributed by atoms with Crippen LogP contribution in [0.1, 0.15) is 40.0 Å². The fourth-order valence-electron chi connectivity index (χ4n) is 0.918. The van der Waals surface area contributed by atoms with Crippen molar-refractivity contribution in [3.8, 4) is 6.07 Å². The fourth-order valence-corrected chi connectivity index (χ4v) is 0.918. The van der Waals surface area contributed by atoms with Crippen LogP contribution in [0.5, 0.6) is 0 Å². The second-order valence-electron chi connectivity index (χ2n) is 3.52. The minimum absolute atomic E-state index is 0.510. The van der Waals surface area contributed by atoms with Gasteiger partial charge in [0.25, 0.3) is 0 Å². The molecule has 0 radical (unpaired) electrons. The normalized spacial score (nSPS) is 15.8. The monoisotopic (exact) mass is 165 g/mol. The van der Waals surface area contributed by atoms with Crippen LogP contribution < -0.4 is 0 Å². The van der Waals surface area contributed by atoms with Gasteiger partial charge >= 0.3 is 0 Å². The van der Waals surface area contributed by atoms with Gasteiger partial charge in [0.2, 0.25) is 0 Å². The molecule has 0 aromatic carbocycles. The molecule has 1 nitrogen and oxygen atoms in total. The summed E-state index contributed by atoms with van der Waals surface area (Å²) in [5.74, 6) is 1.19. The van der Waals surface area contributed by atoms with Crippen LogP contribution in [-0.2, 0) is 0 Å². The van der Waals surface area contributed by atoms with Gasteiger partial charge in [-0.2, -0.15) is 5.26 Å². The maximum absolute atomic E-state index is 8.42. The van der Waals surface area contributed by atoms with Crippen molar-refractivity contribution in [3.63, 3.8) is 0 Å². The Balaban J connectivity index is 3.53. The smallest absolute Gasteiger partial charge is 0.0624 e. The predicted octanol–water partition coefficient (Wildman–Crippen LogP) is 3.53. The molecule has 0 N–H and O–H groups in total. The molecule has 0 heterocycles. The third-order valence-corrected chi connectivity index (χ3v) is 2.09. The predicted molar refractivity (Wildman–Crippen MR) is 52.6 cm³/mol. The van der Waals surface area contributed by atoms with Gasteiger partial charge in [-0.25, -0.2) is 0 Å². The number of nitriles is 1. The minimum atomic E-state index is 0.510. The Labute approximate surface area is 76.1 Å². The highest BCUT2D eigenvalue weighted by atomic mass is 14.2. The summed E-state index contributed by atoms with van der Waals surface area (Å²) in [6.45, 7) is 6.52. The van der Waals surface area contributed by atoms with E-state index in [1.165, 1.54) is 6.42 Å². The molecule has 1 heteroatoms. The van der Waals surface area contributed by atoms with Crippen LogP contribution in [0, 0.1) is 23.2 Å².